The fraction of sp³-hybridized carbons (Fsp3) is 0.125. The molecule has 2 rings (SSSR count). The monoisotopic (exact) mass is 227 g/mol. The number of primary sulfonamides is 1. The Hall–Kier alpha value is -1.60. The third kappa shape index (κ3) is 1.55. The number of aromatic amines is 1. The largest absolute Gasteiger partial charge is 0.337 e. The van der Waals surface area contributed by atoms with Crippen molar-refractivity contribution in [3.05, 3.63) is 28.6 Å². The van der Waals surface area contributed by atoms with E-state index in [1.54, 1.807) is 23.9 Å². The maximum atomic E-state index is 11.5. The lowest BCUT2D eigenvalue weighted by molar-refractivity contribution is 0.594. The quantitative estimate of drug-likeness (QED) is 0.688. The normalized spacial score (nSPS) is 12.1. The molecule has 2 aromatic heterocycles. The van der Waals surface area contributed by atoms with Gasteiger partial charge in [-0.15, -0.1) is 0 Å². The Kier molecular flexibility index (Phi) is 1.95. The molecule has 0 spiro atoms. The van der Waals surface area contributed by atoms with Gasteiger partial charge in [0.1, 0.15) is 5.65 Å². The van der Waals surface area contributed by atoms with E-state index in [0.717, 1.165) is 6.07 Å². The topological polar surface area (TPSA) is 97.9 Å². The molecule has 0 aliphatic heterocycles. The summed E-state index contributed by atoms with van der Waals surface area (Å²) in [4.78, 5) is 14.1. The van der Waals surface area contributed by atoms with E-state index in [1.807, 2.05) is 0 Å². The van der Waals surface area contributed by atoms with E-state index < -0.39 is 10.0 Å². The molecule has 7 heteroatoms. The standard InChI is InChI=1S/C8H9N3O3S/c1-11-3-2-5-6(12)4-7(10-8(5)11)15(9,13)14/h2-4H,1H3,(H,10,12)(H2,9,13,14). The summed E-state index contributed by atoms with van der Waals surface area (Å²) >= 11 is 0. The van der Waals surface area contributed by atoms with Gasteiger partial charge in [-0.2, -0.15) is 0 Å². The van der Waals surface area contributed by atoms with Gasteiger partial charge in [0.2, 0.25) is 0 Å². The van der Waals surface area contributed by atoms with Crippen molar-refractivity contribution < 1.29 is 8.42 Å². The highest BCUT2D eigenvalue weighted by atomic mass is 32.2. The van der Waals surface area contributed by atoms with E-state index in [2.05, 4.69) is 4.98 Å². The SMILES string of the molecule is Cn1ccc2c(=O)cc(S(N)(=O)=O)[nH]c21. The van der Waals surface area contributed by atoms with Crippen molar-refractivity contribution >= 4 is 21.1 Å². The first-order valence-corrected chi connectivity index (χ1v) is 5.65. The van der Waals surface area contributed by atoms with Gasteiger partial charge in [0.25, 0.3) is 10.0 Å². The summed E-state index contributed by atoms with van der Waals surface area (Å²) in [5.74, 6) is 0. The summed E-state index contributed by atoms with van der Waals surface area (Å²) < 4.78 is 23.7. The number of hydrogen-bond donors (Lipinski definition) is 2. The minimum absolute atomic E-state index is 0.276. The summed E-state index contributed by atoms with van der Waals surface area (Å²) in [6.45, 7) is 0. The molecule has 15 heavy (non-hydrogen) atoms. The Morgan fingerprint density at radius 3 is 2.73 bits per heavy atom. The van der Waals surface area contributed by atoms with Crippen LogP contribution in [0.1, 0.15) is 0 Å². The second-order valence-electron chi connectivity index (χ2n) is 3.23. The van der Waals surface area contributed by atoms with E-state index in [0.29, 0.717) is 11.0 Å². The third-order valence-corrected chi connectivity index (χ3v) is 2.98. The van der Waals surface area contributed by atoms with Crippen LogP contribution < -0.4 is 10.6 Å². The number of nitrogens with one attached hydrogen (secondary N) is 1. The molecule has 0 fully saturated rings. The maximum Gasteiger partial charge on any atom is 0.253 e. The lowest BCUT2D eigenvalue weighted by Crippen LogP contribution is -2.17. The molecular formula is C8H9N3O3S. The number of hydrogen-bond acceptors (Lipinski definition) is 3. The lowest BCUT2D eigenvalue weighted by Gasteiger charge is -2.00. The highest BCUT2D eigenvalue weighted by molar-refractivity contribution is 7.89. The molecule has 0 saturated heterocycles. The number of sulfonamides is 1. The molecule has 0 aliphatic carbocycles. The van der Waals surface area contributed by atoms with Crippen molar-refractivity contribution in [2.75, 3.05) is 0 Å². The fourth-order valence-corrected chi connectivity index (χ4v) is 1.90. The number of H-pyrrole nitrogens is 1. The molecule has 3 N–H and O–H groups in total. The molecule has 0 aromatic carbocycles. The van der Waals surface area contributed by atoms with Gasteiger partial charge in [-0.25, -0.2) is 13.6 Å². The van der Waals surface area contributed by atoms with Crippen molar-refractivity contribution in [1.82, 2.24) is 9.55 Å². The molecule has 0 saturated carbocycles. The molecule has 0 radical (unpaired) electrons. The zero-order valence-corrected chi connectivity index (χ0v) is 8.71. The van der Waals surface area contributed by atoms with Gasteiger partial charge in [0.05, 0.1) is 5.39 Å². The van der Waals surface area contributed by atoms with Gasteiger partial charge in [-0.05, 0) is 6.07 Å². The van der Waals surface area contributed by atoms with Crippen molar-refractivity contribution in [2.45, 2.75) is 5.03 Å². The van der Waals surface area contributed by atoms with Gasteiger partial charge < -0.3 is 9.55 Å². The second-order valence-corrected chi connectivity index (χ2v) is 4.76. The highest BCUT2D eigenvalue weighted by Gasteiger charge is 2.12. The van der Waals surface area contributed by atoms with Gasteiger partial charge >= 0.3 is 0 Å². The fourth-order valence-electron chi connectivity index (χ4n) is 1.39. The van der Waals surface area contributed by atoms with E-state index in [4.69, 9.17) is 5.14 Å². The molecule has 80 valence electrons. The summed E-state index contributed by atoms with van der Waals surface area (Å²) in [6, 6.07) is 2.60. The van der Waals surface area contributed by atoms with Crippen LogP contribution in [-0.2, 0) is 17.1 Å². The number of rotatable bonds is 1. The van der Waals surface area contributed by atoms with Crippen LogP contribution in [0.3, 0.4) is 0 Å². The van der Waals surface area contributed by atoms with Crippen molar-refractivity contribution in [2.24, 2.45) is 12.2 Å². The summed E-state index contributed by atoms with van der Waals surface area (Å²) in [6.07, 6.45) is 1.66. The van der Waals surface area contributed by atoms with E-state index in [9.17, 15) is 13.2 Å². The molecular weight excluding hydrogens is 218 g/mol. The van der Waals surface area contributed by atoms with Gasteiger partial charge in [0.15, 0.2) is 10.5 Å². The Labute approximate surface area is 85.4 Å². The number of fused-ring (bicyclic) bond motifs is 1. The van der Waals surface area contributed by atoms with Crippen molar-refractivity contribution in [3.8, 4) is 0 Å². The number of aryl methyl sites for hydroxylation is 1. The average Bonchev–Trinajstić information content (AvgIpc) is 2.47. The van der Waals surface area contributed by atoms with E-state index in [-0.39, 0.29) is 10.5 Å². The Morgan fingerprint density at radius 2 is 2.13 bits per heavy atom. The molecule has 2 heterocycles. The van der Waals surface area contributed by atoms with Crippen LogP contribution in [-0.4, -0.2) is 18.0 Å². The molecule has 0 unspecified atom stereocenters. The number of nitrogens with zero attached hydrogens (tertiary/aromatic N) is 1. The minimum Gasteiger partial charge on any atom is -0.337 e. The second kappa shape index (κ2) is 2.94. The molecule has 6 nitrogen and oxygen atoms in total. The Morgan fingerprint density at radius 1 is 1.47 bits per heavy atom. The molecule has 2 aromatic rings. The lowest BCUT2D eigenvalue weighted by atomic mass is 10.3. The first-order valence-electron chi connectivity index (χ1n) is 4.11. The predicted molar refractivity (Wildman–Crippen MR) is 54.9 cm³/mol. The maximum absolute atomic E-state index is 11.5. The zero-order chi connectivity index (χ0) is 11.2. The van der Waals surface area contributed by atoms with E-state index >= 15 is 0 Å². The average molecular weight is 227 g/mol. The first-order chi connectivity index (χ1) is 6.89. The Balaban J connectivity index is 2.95. The zero-order valence-electron chi connectivity index (χ0n) is 7.89. The third-order valence-electron chi connectivity index (χ3n) is 2.15. The van der Waals surface area contributed by atoms with Crippen LogP contribution in [0.4, 0.5) is 0 Å². The summed E-state index contributed by atoms with van der Waals surface area (Å²) in [5.41, 5.74) is 0.0694. The number of pyridine rings is 1. The first kappa shape index (κ1) is 9.94. The van der Waals surface area contributed by atoms with Crippen LogP contribution >= 0.6 is 0 Å². The summed E-state index contributed by atoms with van der Waals surface area (Å²) in [5, 5.41) is 5.09. The Bertz CT molecular complexity index is 681. The molecule has 0 amide bonds. The molecule has 0 aliphatic rings. The van der Waals surface area contributed by atoms with Crippen molar-refractivity contribution in [1.29, 1.82) is 0 Å². The smallest absolute Gasteiger partial charge is 0.253 e. The van der Waals surface area contributed by atoms with Crippen LogP contribution in [0.2, 0.25) is 0 Å². The van der Waals surface area contributed by atoms with E-state index in [1.165, 1.54) is 0 Å². The van der Waals surface area contributed by atoms with Crippen LogP contribution in [0.5, 0.6) is 0 Å². The highest BCUT2D eigenvalue weighted by Crippen LogP contribution is 2.10. The molecule has 0 atom stereocenters. The predicted octanol–water partition coefficient (Wildman–Crippen LogP) is -0.486. The van der Waals surface area contributed by atoms with Crippen LogP contribution in [0.15, 0.2) is 28.2 Å². The number of nitrogens with two attached hydrogens (primary N) is 1. The molecule has 0 bridgehead atoms. The van der Waals surface area contributed by atoms with Crippen molar-refractivity contribution in [3.63, 3.8) is 0 Å². The number of aromatic nitrogens is 2. The summed E-state index contributed by atoms with van der Waals surface area (Å²) in [7, 11) is -2.18. The minimum atomic E-state index is -3.88. The van der Waals surface area contributed by atoms with Gasteiger partial charge in [-0.1, -0.05) is 0 Å². The van der Waals surface area contributed by atoms with Gasteiger partial charge in [-0.3, -0.25) is 4.79 Å². The van der Waals surface area contributed by atoms with Crippen LogP contribution in [0, 0.1) is 0 Å². The van der Waals surface area contributed by atoms with Gasteiger partial charge in [0, 0.05) is 19.3 Å². The van der Waals surface area contributed by atoms with Crippen LogP contribution in [0.25, 0.3) is 11.0 Å².